The van der Waals surface area contributed by atoms with Crippen LogP contribution in [0.15, 0.2) is 84.1 Å². The Kier molecular flexibility index (Phi) is 12.8. The van der Waals surface area contributed by atoms with Crippen molar-refractivity contribution in [2.45, 2.75) is 101 Å². The summed E-state index contributed by atoms with van der Waals surface area (Å²) in [6.45, 7) is 9.01. The molecule has 2 aliphatic carbocycles. The Morgan fingerprint density at radius 3 is 2.53 bits per heavy atom. The number of pyridine rings is 2. The molecular formula is C48H58N8O8S2. The van der Waals surface area contributed by atoms with E-state index in [1.807, 2.05) is 6.07 Å². The number of anilines is 2. The lowest BCUT2D eigenvalue weighted by Gasteiger charge is -2.57. The van der Waals surface area contributed by atoms with Gasteiger partial charge in [-0.1, -0.05) is 49.3 Å². The zero-order chi connectivity index (χ0) is 46.4. The lowest BCUT2D eigenvalue weighted by Crippen LogP contribution is -2.58. The molecule has 1 unspecified atom stereocenters. The minimum absolute atomic E-state index is 0.0601. The molecule has 2 aromatic carbocycles. The van der Waals surface area contributed by atoms with Crippen molar-refractivity contribution in [3.8, 4) is 11.5 Å². The third-order valence-corrected chi connectivity index (χ3v) is 17.0. The fourth-order valence-corrected chi connectivity index (χ4v) is 12.7. The molecule has 2 saturated carbocycles. The van der Waals surface area contributed by atoms with E-state index in [2.05, 4.69) is 72.9 Å². The van der Waals surface area contributed by atoms with E-state index in [4.69, 9.17) is 4.74 Å². The van der Waals surface area contributed by atoms with E-state index in [0.717, 1.165) is 81.5 Å². The van der Waals surface area contributed by atoms with E-state index in [-0.39, 0.29) is 34.5 Å². The molecule has 66 heavy (non-hydrogen) atoms. The van der Waals surface area contributed by atoms with Crippen LogP contribution in [-0.2, 0) is 21.2 Å². The normalized spacial score (nSPS) is 23.7. The highest BCUT2D eigenvalue weighted by Gasteiger charge is 2.51. The number of aliphatic hydroxyl groups is 1. The molecule has 2 atom stereocenters. The zero-order valence-electron chi connectivity index (χ0n) is 37.6. The van der Waals surface area contributed by atoms with Gasteiger partial charge in [0.25, 0.3) is 15.9 Å². The second kappa shape index (κ2) is 18.4. The Morgan fingerprint density at radius 1 is 1.03 bits per heavy atom. The first kappa shape index (κ1) is 45.9. The van der Waals surface area contributed by atoms with Crippen molar-refractivity contribution in [1.82, 2.24) is 24.6 Å². The van der Waals surface area contributed by atoms with Crippen LogP contribution in [0.2, 0.25) is 0 Å². The molecule has 350 valence electrons. The number of nitrogens with zero attached hydrogens (tertiary/aromatic N) is 5. The number of benzene rings is 2. The Morgan fingerprint density at radius 2 is 1.79 bits per heavy atom. The molecule has 9 rings (SSSR count). The smallest absolute Gasteiger partial charge is 0.312 e. The van der Waals surface area contributed by atoms with Crippen molar-refractivity contribution in [2.24, 2.45) is 11.3 Å². The van der Waals surface area contributed by atoms with Gasteiger partial charge in [-0.25, -0.2) is 23.1 Å². The van der Waals surface area contributed by atoms with Gasteiger partial charge in [0, 0.05) is 61.6 Å². The molecule has 2 saturated heterocycles. The summed E-state index contributed by atoms with van der Waals surface area (Å²) in [4.78, 5) is 41.3. The summed E-state index contributed by atoms with van der Waals surface area (Å²) in [6.07, 6.45) is 11.1. The summed E-state index contributed by atoms with van der Waals surface area (Å²) in [7, 11) is -4.64. The number of aromatic amines is 1. The molecule has 16 nitrogen and oxygen atoms in total. The maximum atomic E-state index is 14.0. The van der Waals surface area contributed by atoms with E-state index in [9.17, 15) is 33.0 Å². The fourth-order valence-electron chi connectivity index (χ4n) is 10.5. The van der Waals surface area contributed by atoms with E-state index in [0.29, 0.717) is 54.2 Å². The van der Waals surface area contributed by atoms with E-state index >= 15 is 0 Å². The summed E-state index contributed by atoms with van der Waals surface area (Å²) in [5, 5.41) is 26.2. The minimum Gasteiger partial charge on any atom is -0.616 e. The first-order valence-electron chi connectivity index (χ1n) is 22.9. The van der Waals surface area contributed by atoms with Gasteiger partial charge in [0.2, 0.25) is 5.82 Å². The number of carbonyl (C=O) groups excluding carboxylic acids is 1. The van der Waals surface area contributed by atoms with E-state index in [1.165, 1.54) is 23.4 Å². The van der Waals surface area contributed by atoms with Crippen LogP contribution in [-0.4, -0.2) is 98.1 Å². The number of nitro groups is 1. The van der Waals surface area contributed by atoms with Gasteiger partial charge in [-0.15, -0.1) is 0 Å². The maximum absolute atomic E-state index is 14.0. The van der Waals surface area contributed by atoms with Crippen molar-refractivity contribution in [1.29, 1.82) is 0 Å². The second-order valence-corrected chi connectivity index (χ2v) is 22.6. The molecule has 4 N–H and O–H groups in total. The number of hydrogen-bond acceptors (Lipinski definition) is 13. The van der Waals surface area contributed by atoms with Crippen LogP contribution in [0.5, 0.6) is 11.5 Å². The second-order valence-electron chi connectivity index (χ2n) is 19.3. The highest BCUT2D eigenvalue weighted by atomic mass is 32.2. The van der Waals surface area contributed by atoms with Gasteiger partial charge in [0.15, 0.2) is 0 Å². The number of aromatic nitrogens is 3. The topological polar surface area (TPSA) is 219 Å². The van der Waals surface area contributed by atoms with Crippen molar-refractivity contribution in [3.05, 3.63) is 106 Å². The predicted octanol–water partition coefficient (Wildman–Crippen LogP) is 7.81. The molecule has 5 heterocycles. The zero-order valence-corrected chi connectivity index (χ0v) is 39.2. The van der Waals surface area contributed by atoms with Gasteiger partial charge in [-0.05, 0) is 111 Å². The monoisotopic (exact) mass is 938 g/mol. The average molecular weight is 939 g/mol. The van der Waals surface area contributed by atoms with Crippen LogP contribution < -0.4 is 19.7 Å². The molecule has 0 radical (unpaired) electrons. The van der Waals surface area contributed by atoms with E-state index in [1.54, 1.807) is 31.3 Å². The summed E-state index contributed by atoms with van der Waals surface area (Å²) in [5.74, 6) is 1.29. The molecule has 1 amide bonds. The van der Waals surface area contributed by atoms with Crippen LogP contribution in [0.3, 0.4) is 0 Å². The van der Waals surface area contributed by atoms with Crippen molar-refractivity contribution < 1.29 is 32.5 Å². The molecule has 18 heteroatoms. The van der Waals surface area contributed by atoms with Gasteiger partial charge in [0.05, 0.1) is 34.5 Å². The van der Waals surface area contributed by atoms with Crippen molar-refractivity contribution in [3.63, 3.8) is 0 Å². The maximum Gasteiger partial charge on any atom is 0.312 e. The van der Waals surface area contributed by atoms with Gasteiger partial charge < -0.3 is 29.6 Å². The Hall–Kier alpha value is -5.27. The quantitative estimate of drug-likeness (QED) is 0.0504. The average Bonchev–Trinajstić information content (AvgIpc) is 3.76. The lowest BCUT2D eigenvalue weighted by atomic mass is 9.59. The summed E-state index contributed by atoms with van der Waals surface area (Å²) >= 11 is -0.842. The highest BCUT2D eigenvalue weighted by Crippen LogP contribution is 2.53. The number of carbonyl (C=O) groups is 1. The highest BCUT2D eigenvalue weighted by molar-refractivity contribution is 7.91. The molecule has 0 bridgehead atoms. The third kappa shape index (κ3) is 9.74. The standard InChI is InChI=1S/C48H58N8O8S2/c1-31(2)38-6-4-5-7-39(38)42-30-65(61)21-20-55(42)35-25-48(26-35)15-18-54(19-16-48)34-8-9-40(43(23-34)64-36-22-33-12-17-49-44(33)51-28-36)46(57)53-66(62,63)37-24-41(56(59)60)45(52-29-37)50-27-32-10-13-47(3,58)14-11-32/h4-9,12,17,22-24,28-29,31-32,35,42,58H,10-11,13-16,18-21,25-27,30H2,1-3H3,(H,49,51)(H,50,52)(H,53,57)/t32-,42-,47-,65?/m0/s1. The number of amides is 1. The minimum atomic E-state index is -4.64. The molecular weight excluding hydrogens is 881 g/mol. The van der Waals surface area contributed by atoms with Crippen molar-refractivity contribution >= 4 is 55.3 Å². The SMILES string of the molecule is CC(C)c1ccccc1[C@@H]1C[S+]([O-])CCN1C1CC2(CCN(c3ccc(C(=O)NS(=O)(=O)c4cnc(NC[C@H]5CC[C@](C)(O)CC5)c([N+](=O)[O-])c4)c(Oc4cnc5[nH]ccc5c4)c3)CC2)C1. The number of piperidine rings is 1. The third-order valence-electron chi connectivity index (χ3n) is 14.4. The molecule has 2 aliphatic heterocycles. The number of rotatable bonds is 13. The summed E-state index contributed by atoms with van der Waals surface area (Å²) in [6, 6.07) is 18.8. The lowest BCUT2D eigenvalue weighted by molar-refractivity contribution is -0.384. The fraction of sp³-hybridized carbons (Fsp3) is 0.479. The van der Waals surface area contributed by atoms with E-state index < -0.39 is 48.2 Å². The molecule has 1 spiro atoms. The van der Waals surface area contributed by atoms with Crippen LogP contribution in [0.4, 0.5) is 17.2 Å². The molecule has 4 aliphatic rings. The number of sulfonamides is 1. The largest absolute Gasteiger partial charge is 0.616 e. The van der Waals surface area contributed by atoms with Crippen LogP contribution in [0, 0.1) is 21.4 Å². The van der Waals surface area contributed by atoms with Crippen LogP contribution in [0.1, 0.15) is 106 Å². The molecule has 5 aromatic rings. The number of H-pyrrole nitrogens is 1. The Labute approximate surface area is 388 Å². The van der Waals surface area contributed by atoms with Crippen LogP contribution in [0.25, 0.3) is 11.0 Å². The summed E-state index contributed by atoms with van der Waals surface area (Å²) in [5.41, 5.74) is 2.98. The summed E-state index contributed by atoms with van der Waals surface area (Å²) < 4.78 is 48.8. The number of hydrogen-bond donors (Lipinski definition) is 4. The Balaban J connectivity index is 0.899. The number of ether oxygens (including phenoxy) is 1. The number of nitrogens with one attached hydrogen (secondary N) is 3. The van der Waals surface area contributed by atoms with Gasteiger partial charge in [-0.2, -0.15) is 0 Å². The van der Waals surface area contributed by atoms with Gasteiger partial charge >= 0.3 is 5.69 Å². The predicted molar refractivity (Wildman–Crippen MR) is 254 cm³/mol. The van der Waals surface area contributed by atoms with Gasteiger partial charge in [0.1, 0.15) is 33.5 Å². The molecule has 4 fully saturated rings. The van der Waals surface area contributed by atoms with Crippen molar-refractivity contribution in [2.75, 3.05) is 47.9 Å². The Bertz CT molecular complexity index is 2700. The first-order chi connectivity index (χ1) is 31.6. The molecule has 3 aromatic heterocycles. The first-order valence-corrected chi connectivity index (χ1v) is 25.9. The van der Waals surface area contributed by atoms with Gasteiger partial charge in [-0.3, -0.25) is 19.8 Å². The number of fused-ring (bicyclic) bond motifs is 1. The van der Waals surface area contributed by atoms with Crippen LogP contribution >= 0.6 is 0 Å².